The largest absolute Gasteiger partial charge is 0.452 e. The van der Waals surface area contributed by atoms with Crippen molar-refractivity contribution in [1.29, 1.82) is 0 Å². The molecule has 19 heavy (non-hydrogen) atoms. The molecule has 1 aliphatic heterocycles. The van der Waals surface area contributed by atoms with Crippen LogP contribution in [0.3, 0.4) is 0 Å². The molecule has 0 unspecified atom stereocenters. The monoisotopic (exact) mass is 254 g/mol. The molecular formula is C16H11FO2. The third-order valence-corrected chi connectivity index (χ3v) is 2.99. The highest BCUT2D eigenvalue weighted by atomic mass is 19.1. The fraction of sp³-hybridized carbons (Fsp3) is 0.0625. The van der Waals surface area contributed by atoms with Crippen molar-refractivity contribution < 1.29 is 13.9 Å². The lowest BCUT2D eigenvalue weighted by Gasteiger charge is -1.98. The Morgan fingerprint density at radius 3 is 2.58 bits per heavy atom. The highest BCUT2D eigenvalue weighted by molar-refractivity contribution is 6.14. The standard InChI is InChI=1S/C16H11FO2/c1-10-2-7-14-13(8-10)16(18)15(19-14)9-11-3-5-12(17)6-4-11/h2-9H,1H3/b15-9+. The van der Waals surface area contributed by atoms with Gasteiger partial charge in [-0.3, -0.25) is 4.79 Å². The van der Waals surface area contributed by atoms with Gasteiger partial charge in [-0.25, -0.2) is 4.39 Å². The summed E-state index contributed by atoms with van der Waals surface area (Å²) in [5.41, 5.74) is 2.32. The molecule has 3 rings (SSSR count). The van der Waals surface area contributed by atoms with Gasteiger partial charge in [-0.05, 0) is 42.8 Å². The molecule has 0 saturated heterocycles. The fourth-order valence-corrected chi connectivity index (χ4v) is 2.01. The van der Waals surface area contributed by atoms with Crippen LogP contribution in [0.15, 0.2) is 48.2 Å². The summed E-state index contributed by atoms with van der Waals surface area (Å²) in [5.74, 6) is 0.402. The van der Waals surface area contributed by atoms with Crippen LogP contribution < -0.4 is 4.74 Å². The number of halogens is 1. The predicted molar refractivity (Wildman–Crippen MR) is 70.5 cm³/mol. The normalized spacial score (nSPS) is 15.5. The third-order valence-electron chi connectivity index (χ3n) is 2.99. The second-order valence-corrected chi connectivity index (χ2v) is 4.49. The zero-order valence-electron chi connectivity index (χ0n) is 10.3. The van der Waals surface area contributed by atoms with Crippen LogP contribution in [0, 0.1) is 12.7 Å². The van der Waals surface area contributed by atoms with Gasteiger partial charge in [-0.2, -0.15) is 0 Å². The molecule has 0 spiro atoms. The number of ether oxygens (including phenoxy) is 1. The average molecular weight is 254 g/mol. The molecule has 0 amide bonds. The van der Waals surface area contributed by atoms with Gasteiger partial charge in [0.1, 0.15) is 11.6 Å². The first-order chi connectivity index (χ1) is 9.13. The first-order valence-corrected chi connectivity index (χ1v) is 5.94. The smallest absolute Gasteiger partial charge is 0.231 e. The lowest BCUT2D eigenvalue weighted by Crippen LogP contribution is -1.98. The Bertz CT molecular complexity index is 684. The minimum atomic E-state index is -0.306. The van der Waals surface area contributed by atoms with Crippen molar-refractivity contribution in [3.05, 3.63) is 70.7 Å². The summed E-state index contributed by atoms with van der Waals surface area (Å²) in [7, 11) is 0. The number of hydrogen-bond acceptors (Lipinski definition) is 2. The number of Topliss-reactive ketones (excluding diaryl/α,β-unsaturated/α-hetero) is 1. The first kappa shape index (κ1) is 11.7. The summed E-state index contributed by atoms with van der Waals surface area (Å²) in [6.07, 6.45) is 1.62. The molecule has 94 valence electrons. The molecule has 0 aromatic heterocycles. The number of aryl methyl sites for hydroxylation is 1. The van der Waals surface area contributed by atoms with E-state index in [-0.39, 0.29) is 17.4 Å². The van der Waals surface area contributed by atoms with Crippen molar-refractivity contribution in [3.63, 3.8) is 0 Å². The number of allylic oxidation sites excluding steroid dienone is 1. The van der Waals surface area contributed by atoms with Crippen LogP contribution >= 0.6 is 0 Å². The van der Waals surface area contributed by atoms with Crippen LogP contribution in [-0.4, -0.2) is 5.78 Å². The average Bonchev–Trinajstić information content (AvgIpc) is 2.70. The van der Waals surface area contributed by atoms with Crippen molar-refractivity contribution in [2.24, 2.45) is 0 Å². The summed E-state index contributed by atoms with van der Waals surface area (Å²) in [6, 6.07) is 11.4. The van der Waals surface area contributed by atoms with Gasteiger partial charge in [-0.15, -0.1) is 0 Å². The maximum atomic E-state index is 12.8. The summed E-state index contributed by atoms with van der Waals surface area (Å²) < 4.78 is 18.3. The maximum absolute atomic E-state index is 12.8. The number of carbonyl (C=O) groups excluding carboxylic acids is 1. The molecule has 0 fully saturated rings. The van der Waals surface area contributed by atoms with E-state index in [0.717, 1.165) is 11.1 Å². The van der Waals surface area contributed by atoms with Gasteiger partial charge in [-0.1, -0.05) is 23.8 Å². The highest BCUT2D eigenvalue weighted by Crippen LogP contribution is 2.32. The highest BCUT2D eigenvalue weighted by Gasteiger charge is 2.26. The van der Waals surface area contributed by atoms with Gasteiger partial charge < -0.3 is 4.74 Å². The maximum Gasteiger partial charge on any atom is 0.231 e. The molecule has 0 atom stereocenters. The van der Waals surface area contributed by atoms with Crippen molar-refractivity contribution in [2.45, 2.75) is 6.92 Å². The molecule has 0 N–H and O–H groups in total. The van der Waals surface area contributed by atoms with E-state index in [1.54, 1.807) is 24.3 Å². The molecule has 1 aliphatic rings. The Labute approximate surface area is 110 Å². The number of rotatable bonds is 1. The van der Waals surface area contributed by atoms with E-state index in [4.69, 9.17) is 4.74 Å². The van der Waals surface area contributed by atoms with Crippen LogP contribution in [0.2, 0.25) is 0 Å². The minimum Gasteiger partial charge on any atom is -0.452 e. The second-order valence-electron chi connectivity index (χ2n) is 4.49. The molecule has 1 heterocycles. The number of fused-ring (bicyclic) bond motifs is 1. The molecular weight excluding hydrogens is 243 g/mol. The quantitative estimate of drug-likeness (QED) is 0.724. The van der Waals surface area contributed by atoms with E-state index in [1.807, 2.05) is 19.1 Å². The van der Waals surface area contributed by atoms with E-state index in [9.17, 15) is 9.18 Å². The molecule has 0 bridgehead atoms. The molecule has 0 saturated carbocycles. The van der Waals surface area contributed by atoms with Gasteiger partial charge in [0.05, 0.1) is 5.56 Å². The van der Waals surface area contributed by atoms with E-state index < -0.39 is 0 Å². The Morgan fingerprint density at radius 1 is 1.11 bits per heavy atom. The van der Waals surface area contributed by atoms with Crippen LogP contribution in [0.1, 0.15) is 21.5 Å². The van der Waals surface area contributed by atoms with Crippen molar-refractivity contribution in [3.8, 4) is 5.75 Å². The Balaban J connectivity index is 1.97. The molecule has 0 radical (unpaired) electrons. The third kappa shape index (κ3) is 2.15. The lowest BCUT2D eigenvalue weighted by atomic mass is 10.1. The zero-order valence-corrected chi connectivity index (χ0v) is 10.3. The molecule has 0 aliphatic carbocycles. The van der Waals surface area contributed by atoms with E-state index in [2.05, 4.69) is 0 Å². The van der Waals surface area contributed by atoms with Gasteiger partial charge in [0.2, 0.25) is 5.78 Å². The topological polar surface area (TPSA) is 26.3 Å². The SMILES string of the molecule is Cc1ccc2c(c1)C(=O)/C(=C\c1ccc(F)cc1)O2. The number of carbonyl (C=O) groups is 1. The molecule has 2 aromatic rings. The van der Waals surface area contributed by atoms with E-state index in [0.29, 0.717) is 11.3 Å². The van der Waals surface area contributed by atoms with Gasteiger partial charge in [0, 0.05) is 0 Å². The Hall–Kier alpha value is -2.42. The zero-order chi connectivity index (χ0) is 13.4. The van der Waals surface area contributed by atoms with Gasteiger partial charge in [0.15, 0.2) is 5.76 Å². The van der Waals surface area contributed by atoms with Crippen LogP contribution in [-0.2, 0) is 0 Å². The van der Waals surface area contributed by atoms with Crippen LogP contribution in [0.4, 0.5) is 4.39 Å². The van der Waals surface area contributed by atoms with Crippen molar-refractivity contribution >= 4 is 11.9 Å². The van der Waals surface area contributed by atoms with Crippen LogP contribution in [0.5, 0.6) is 5.75 Å². The summed E-state index contributed by atoms with van der Waals surface area (Å²) >= 11 is 0. The van der Waals surface area contributed by atoms with Crippen molar-refractivity contribution in [2.75, 3.05) is 0 Å². The summed E-state index contributed by atoms with van der Waals surface area (Å²) in [4.78, 5) is 12.2. The Kier molecular flexibility index (Phi) is 2.67. The Morgan fingerprint density at radius 2 is 1.84 bits per heavy atom. The fourth-order valence-electron chi connectivity index (χ4n) is 2.01. The van der Waals surface area contributed by atoms with Gasteiger partial charge in [0.25, 0.3) is 0 Å². The molecule has 2 aromatic carbocycles. The van der Waals surface area contributed by atoms with E-state index >= 15 is 0 Å². The summed E-state index contributed by atoms with van der Waals surface area (Å²) in [6.45, 7) is 1.93. The molecule has 3 heteroatoms. The molecule has 2 nitrogen and oxygen atoms in total. The number of hydrogen-bond donors (Lipinski definition) is 0. The van der Waals surface area contributed by atoms with Gasteiger partial charge >= 0.3 is 0 Å². The number of benzene rings is 2. The summed E-state index contributed by atoms with van der Waals surface area (Å²) in [5, 5.41) is 0. The minimum absolute atomic E-state index is 0.136. The predicted octanol–water partition coefficient (Wildman–Crippen LogP) is 3.75. The van der Waals surface area contributed by atoms with Crippen LogP contribution in [0.25, 0.3) is 6.08 Å². The van der Waals surface area contributed by atoms with Crippen molar-refractivity contribution in [1.82, 2.24) is 0 Å². The second kappa shape index (κ2) is 4.35. The number of ketones is 1. The van der Waals surface area contributed by atoms with E-state index in [1.165, 1.54) is 12.1 Å². The lowest BCUT2D eigenvalue weighted by molar-refractivity contribution is 0.101. The first-order valence-electron chi connectivity index (χ1n) is 5.94.